The molecule has 3 atom stereocenters. The van der Waals surface area contributed by atoms with Crippen LogP contribution in [0.15, 0.2) is 11.1 Å². The quantitative estimate of drug-likeness (QED) is 0.474. The maximum Gasteiger partial charge on any atom is 0.352 e. The highest BCUT2D eigenvalue weighted by molar-refractivity contribution is 5.98. The number of aromatic nitrogens is 5. The van der Waals surface area contributed by atoms with E-state index in [9.17, 15) is 19.2 Å². The summed E-state index contributed by atoms with van der Waals surface area (Å²) in [7, 11) is 1.44. The largest absolute Gasteiger partial charge is 0.468 e. The molecule has 12 heteroatoms. The Bertz CT molecular complexity index is 953. The second-order valence-corrected chi connectivity index (χ2v) is 6.69. The molecule has 0 saturated heterocycles. The second-order valence-electron chi connectivity index (χ2n) is 6.69. The predicted octanol–water partition coefficient (Wildman–Crippen LogP) is -1.17. The Kier molecular flexibility index (Phi) is 5.66. The van der Waals surface area contributed by atoms with Crippen molar-refractivity contribution in [3.63, 3.8) is 0 Å². The lowest BCUT2D eigenvalue weighted by molar-refractivity contribution is -0.150. The summed E-state index contributed by atoms with van der Waals surface area (Å²) in [5.41, 5.74) is -0.454. The molecule has 2 aromatic heterocycles. The molecule has 2 heterocycles. The number of imidazole rings is 1. The Morgan fingerprint density at radius 3 is 2.86 bits per heavy atom. The van der Waals surface area contributed by atoms with Gasteiger partial charge in [0.25, 0.3) is 12.4 Å². The molecule has 3 rings (SSSR count). The summed E-state index contributed by atoms with van der Waals surface area (Å²) < 4.78 is 12.3. The molecule has 1 saturated carbocycles. The van der Waals surface area contributed by atoms with Gasteiger partial charge in [-0.05, 0) is 18.8 Å². The Morgan fingerprint density at radius 1 is 1.36 bits per heavy atom. The van der Waals surface area contributed by atoms with Crippen LogP contribution < -0.4 is 11.0 Å². The Balaban J connectivity index is 1.76. The molecular weight excluding hydrogens is 372 g/mol. The molecule has 0 radical (unpaired) electrons. The topological polar surface area (TPSA) is 147 Å². The standard InChI is InChI=1S/C16H20N6O6/c1-9(24)28-12-4-10(6-27-8-23)3-11(5-12)18-15(25)13-14-19-20-21(2)16(26)22(14)7-17-13/h7-8,10-12H,3-6H2,1-2H3,(H,18,25). The van der Waals surface area contributed by atoms with Crippen molar-refractivity contribution in [1.29, 1.82) is 0 Å². The summed E-state index contributed by atoms with van der Waals surface area (Å²) >= 11 is 0. The molecule has 28 heavy (non-hydrogen) atoms. The average Bonchev–Trinajstić information content (AvgIpc) is 3.07. The number of fused-ring (bicyclic) bond motifs is 1. The van der Waals surface area contributed by atoms with E-state index in [4.69, 9.17) is 9.47 Å². The van der Waals surface area contributed by atoms with Crippen LogP contribution in [0.5, 0.6) is 0 Å². The van der Waals surface area contributed by atoms with Crippen molar-refractivity contribution in [2.24, 2.45) is 13.0 Å². The van der Waals surface area contributed by atoms with Gasteiger partial charge in [-0.15, -0.1) is 5.10 Å². The SMILES string of the molecule is CC(=O)OC1CC(COC=O)CC(NC(=O)c2ncn3c(=O)n(C)nnc23)C1. The maximum absolute atomic E-state index is 12.7. The lowest BCUT2D eigenvalue weighted by Gasteiger charge is -2.34. The Hall–Kier alpha value is -3.31. The number of rotatable bonds is 6. The van der Waals surface area contributed by atoms with Crippen molar-refractivity contribution in [2.75, 3.05) is 6.61 Å². The third-order valence-electron chi connectivity index (χ3n) is 4.54. The van der Waals surface area contributed by atoms with Crippen molar-refractivity contribution < 1.29 is 23.9 Å². The monoisotopic (exact) mass is 392 g/mol. The van der Waals surface area contributed by atoms with Crippen molar-refractivity contribution in [1.82, 2.24) is 29.7 Å². The van der Waals surface area contributed by atoms with Crippen LogP contribution in [0.1, 0.15) is 36.7 Å². The molecule has 2 aromatic rings. The lowest BCUT2D eigenvalue weighted by Crippen LogP contribution is -2.44. The van der Waals surface area contributed by atoms with Crippen LogP contribution in [0.3, 0.4) is 0 Å². The van der Waals surface area contributed by atoms with Crippen molar-refractivity contribution in [3.8, 4) is 0 Å². The summed E-state index contributed by atoms with van der Waals surface area (Å²) in [6, 6.07) is -0.331. The van der Waals surface area contributed by atoms with Gasteiger partial charge in [0, 0.05) is 26.4 Å². The molecule has 1 amide bonds. The van der Waals surface area contributed by atoms with Gasteiger partial charge < -0.3 is 14.8 Å². The second kappa shape index (κ2) is 8.15. The molecule has 12 nitrogen and oxygen atoms in total. The van der Waals surface area contributed by atoms with Gasteiger partial charge >= 0.3 is 11.7 Å². The number of carbonyl (C=O) groups excluding carboxylic acids is 3. The average molecular weight is 392 g/mol. The lowest BCUT2D eigenvalue weighted by atomic mass is 9.84. The minimum atomic E-state index is -0.520. The summed E-state index contributed by atoms with van der Waals surface area (Å²) in [5.74, 6) is -1.01. The molecule has 1 fully saturated rings. The number of hydrogen-bond donors (Lipinski definition) is 1. The molecule has 1 aliphatic rings. The zero-order valence-electron chi connectivity index (χ0n) is 15.4. The van der Waals surface area contributed by atoms with E-state index in [0.29, 0.717) is 25.7 Å². The van der Waals surface area contributed by atoms with E-state index in [1.54, 1.807) is 0 Å². The van der Waals surface area contributed by atoms with Crippen molar-refractivity contribution in [3.05, 3.63) is 22.5 Å². The fourth-order valence-corrected chi connectivity index (χ4v) is 3.44. The van der Waals surface area contributed by atoms with Gasteiger partial charge in [0.1, 0.15) is 12.4 Å². The number of nitrogens with zero attached hydrogens (tertiary/aromatic N) is 5. The van der Waals surface area contributed by atoms with E-state index in [1.807, 2.05) is 0 Å². The first-order valence-electron chi connectivity index (χ1n) is 8.69. The fraction of sp³-hybridized carbons (Fsp3) is 0.562. The first-order valence-corrected chi connectivity index (χ1v) is 8.69. The van der Waals surface area contributed by atoms with Gasteiger partial charge in [0.15, 0.2) is 11.3 Å². The minimum Gasteiger partial charge on any atom is -0.468 e. The highest BCUT2D eigenvalue weighted by Crippen LogP contribution is 2.27. The molecule has 1 N–H and O–H groups in total. The van der Waals surface area contributed by atoms with Crippen LogP contribution >= 0.6 is 0 Å². The van der Waals surface area contributed by atoms with Gasteiger partial charge in [-0.25, -0.2) is 14.2 Å². The van der Waals surface area contributed by atoms with Crippen molar-refractivity contribution >= 4 is 24.0 Å². The number of aryl methyl sites for hydroxylation is 1. The molecular formula is C16H20N6O6. The van der Waals surface area contributed by atoms with Crippen LogP contribution in [0.4, 0.5) is 0 Å². The Morgan fingerprint density at radius 2 is 2.14 bits per heavy atom. The third-order valence-corrected chi connectivity index (χ3v) is 4.54. The summed E-state index contributed by atoms with van der Waals surface area (Å²) in [6.45, 7) is 1.84. The zero-order chi connectivity index (χ0) is 20.3. The third kappa shape index (κ3) is 4.15. The molecule has 0 bridgehead atoms. The number of nitrogens with one attached hydrogen (secondary N) is 1. The highest BCUT2D eigenvalue weighted by atomic mass is 16.5. The van der Waals surface area contributed by atoms with E-state index in [0.717, 1.165) is 9.08 Å². The van der Waals surface area contributed by atoms with Crippen LogP contribution in [-0.2, 0) is 26.1 Å². The Labute approximate surface area is 158 Å². The summed E-state index contributed by atoms with van der Waals surface area (Å²) in [4.78, 5) is 50.4. The molecule has 150 valence electrons. The van der Waals surface area contributed by atoms with E-state index in [-0.39, 0.29) is 29.9 Å². The minimum absolute atomic E-state index is 0.0273. The maximum atomic E-state index is 12.7. The highest BCUT2D eigenvalue weighted by Gasteiger charge is 2.33. The van der Waals surface area contributed by atoms with Gasteiger partial charge in [-0.1, -0.05) is 5.21 Å². The van der Waals surface area contributed by atoms with E-state index >= 15 is 0 Å². The van der Waals surface area contributed by atoms with Gasteiger partial charge in [0.05, 0.1) is 6.61 Å². The zero-order valence-corrected chi connectivity index (χ0v) is 15.4. The van der Waals surface area contributed by atoms with E-state index < -0.39 is 23.7 Å². The number of carbonyl (C=O) groups is 3. The molecule has 0 aromatic carbocycles. The van der Waals surface area contributed by atoms with Gasteiger partial charge in [0.2, 0.25) is 0 Å². The molecule has 3 unspecified atom stereocenters. The van der Waals surface area contributed by atoms with Gasteiger partial charge in [-0.2, -0.15) is 4.68 Å². The first kappa shape index (κ1) is 19.5. The van der Waals surface area contributed by atoms with E-state index in [1.165, 1.54) is 20.3 Å². The molecule has 0 aliphatic heterocycles. The predicted molar refractivity (Wildman–Crippen MR) is 92.2 cm³/mol. The summed E-state index contributed by atoms with van der Waals surface area (Å²) in [5, 5.41) is 10.3. The van der Waals surface area contributed by atoms with Crippen LogP contribution in [-0.4, -0.2) is 61.5 Å². The molecule has 1 aliphatic carbocycles. The van der Waals surface area contributed by atoms with Crippen LogP contribution in [0, 0.1) is 5.92 Å². The van der Waals surface area contributed by atoms with Crippen LogP contribution in [0.2, 0.25) is 0 Å². The van der Waals surface area contributed by atoms with Crippen LogP contribution in [0.25, 0.3) is 5.65 Å². The number of amides is 1. The van der Waals surface area contributed by atoms with E-state index in [2.05, 4.69) is 20.6 Å². The summed E-state index contributed by atoms with van der Waals surface area (Å²) in [6.07, 6.45) is 2.31. The smallest absolute Gasteiger partial charge is 0.352 e. The normalized spacial score (nSPS) is 21.9. The molecule has 0 spiro atoms. The van der Waals surface area contributed by atoms with Gasteiger partial charge in [-0.3, -0.25) is 14.4 Å². The number of ether oxygens (including phenoxy) is 2. The number of hydrogen-bond acceptors (Lipinski definition) is 9. The fourth-order valence-electron chi connectivity index (χ4n) is 3.44. The van der Waals surface area contributed by atoms with Crippen molar-refractivity contribution in [2.45, 2.75) is 38.3 Å². The number of esters is 1. The first-order chi connectivity index (χ1) is 13.4.